The van der Waals surface area contributed by atoms with Crippen LogP contribution in [0.5, 0.6) is 5.88 Å². The maximum atomic E-state index is 13.1. The average Bonchev–Trinajstić information content (AvgIpc) is 3.55. The number of pyridine rings is 1. The summed E-state index contributed by atoms with van der Waals surface area (Å²) in [5.41, 5.74) is 1.79. The first-order valence-electron chi connectivity index (χ1n) is 12.4. The van der Waals surface area contributed by atoms with Crippen LogP contribution in [0.1, 0.15) is 53.1 Å². The minimum atomic E-state index is -0.378. The van der Waals surface area contributed by atoms with Crippen molar-refractivity contribution >= 4 is 28.7 Å². The van der Waals surface area contributed by atoms with Crippen LogP contribution < -0.4 is 10.1 Å². The SMILES string of the molecule is O=C1Nc2cn(CCN3CCCCC3)nc2C(=O)CCCOCCOc2cc(ccn2)-c2nc1cs2. The molecule has 4 bridgehead atoms. The van der Waals surface area contributed by atoms with Gasteiger partial charge in [-0.3, -0.25) is 14.3 Å². The zero-order chi connectivity index (χ0) is 24.7. The highest BCUT2D eigenvalue weighted by Gasteiger charge is 2.21. The van der Waals surface area contributed by atoms with E-state index in [1.165, 1.54) is 30.6 Å². The van der Waals surface area contributed by atoms with E-state index in [4.69, 9.17) is 9.47 Å². The number of ether oxygens (including phenoxy) is 2. The van der Waals surface area contributed by atoms with Crippen molar-refractivity contribution < 1.29 is 19.1 Å². The zero-order valence-electron chi connectivity index (χ0n) is 20.1. The summed E-state index contributed by atoms with van der Waals surface area (Å²) in [5, 5.41) is 9.81. The van der Waals surface area contributed by atoms with Crippen LogP contribution in [0.25, 0.3) is 10.6 Å². The fraction of sp³-hybridized carbons (Fsp3) is 0.480. The first-order chi connectivity index (χ1) is 17.7. The number of nitrogens with zero attached hydrogens (tertiary/aromatic N) is 5. The molecule has 0 saturated carbocycles. The predicted molar refractivity (Wildman–Crippen MR) is 136 cm³/mol. The third kappa shape index (κ3) is 6.15. The molecule has 10 nitrogen and oxygen atoms in total. The van der Waals surface area contributed by atoms with Crippen LogP contribution in [0.15, 0.2) is 29.9 Å². The number of carbonyl (C=O) groups excluding carboxylic acids is 2. The van der Waals surface area contributed by atoms with Crippen molar-refractivity contribution in [3.63, 3.8) is 0 Å². The van der Waals surface area contributed by atoms with Crippen molar-refractivity contribution in [2.75, 3.05) is 44.8 Å². The first kappa shape index (κ1) is 24.5. The van der Waals surface area contributed by atoms with Crippen molar-refractivity contribution in [1.29, 1.82) is 0 Å². The molecule has 3 aromatic rings. The summed E-state index contributed by atoms with van der Waals surface area (Å²) in [4.78, 5) is 37.2. The minimum Gasteiger partial charge on any atom is -0.475 e. The van der Waals surface area contributed by atoms with E-state index in [1.807, 2.05) is 6.07 Å². The Morgan fingerprint density at radius 2 is 1.94 bits per heavy atom. The highest BCUT2D eigenvalue weighted by atomic mass is 32.1. The summed E-state index contributed by atoms with van der Waals surface area (Å²) < 4.78 is 13.1. The topological polar surface area (TPSA) is 111 Å². The van der Waals surface area contributed by atoms with E-state index in [0.29, 0.717) is 49.4 Å². The number of ketones is 1. The van der Waals surface area contributed by atoms with Gasteiger partial charge in [0.15, 0.2) is 11.5 Å². The van der Waals surface area contributed by atoms with Crippen molar-refractivity contribution in [3.8, 4) is 16.5 Å². The molecule has 5 heterocycles. The van der Waals surface area contributed by atoms with Gasteiger partial charge in [-0.15, -0.1) is 11.3 Å². The largest absolute Gasteiger partial charge is 0.475 e. The number of piperidine rings is 1. The van der Waals surface area contributed by atoms with E-state index in [0.717, 1.165) is 25.2 Å². The highest BCUT2D eigenvalue weighted by molar-refractivity contribution is 7.13. The number of aromatic nitrogens is 4. The smallest absolute Gasteiger partial charge is 0.275 e. The highest BCUT2D eigenvalue weighted by Crippen LogP contribution is 2.27. The molecule has 190 valence electrons. The Morgan fingerprint density at radius 1 is 1.06 bits per heavy atom. The van der Waals surface area contributed by atoms with E-state index in [9.17, 15) is 9.59 Å². The lowest BCUT2D eigenvalue weighted by Gasteiger charge is -2.26. The van der Waals surface area contributed by atoms with E-state index in [-0.39, 0.29) is 29.5 Å². The lowest BCUT2D eigenvalue weighted by molar-refractivity contribution is 0.0861. The molecule has 3 aromatic heterocycles. The van der Waals surface area contributed by atoms with Gasteiger partial charge >= 0.3 is 0 Å². The molecule has 36 heavy (non-hydrogen) atoms. The minimum absolute atomic E-state index is 0.124. The Bertz CT molecular complexity index is 1200. The number of carbonyl (C=O) groups is 2. The normalized spacial score (nSPS) is 18.0. The number of hydrogen-bond donors (Lipinski definition) is 1. The molecule has 2 aliphatic rings. The quantitative estimate of drug-likeness (QED) is 0.570. The van der Waals surface area contributed by atoms with Gasteiger partial charge in [0.1, 0.15) is 17.3 Å². The maximum absolute atomic E-state index is 13.1. The summed E-state index contributed by atoms with van der Waals surface area (Å²) in [7, 11) is 0. The number of likely N-dealkylation sites (tertiary alicyclic amines) is 1. The number of hydrogen-bond acceptors (Lipinski definition) is 9. The first-order valence-corrected chi connectivity index (χ1v) is 13.3. The molecular formula is C25H30N6O4S. The second-order valence-electron chi connectivity index (χ2n) is 8.92. The number of Topliss-reactive ketones (excluding diaryl/α,β-unsaturated/α-hetero) is 1. The van der Waals surface area contributed by atoms with Crippen LogP contribution >= 0.6 is 11.3 Å². The van der Waals surface area contributed by atoms with Gasteiger partial charge in [0.2, 0.25) is 5.88 Å². The predicted octanol–water partition coefficient (Wildman–Crippen LogP) is 3.51. The second kappa shape index (κ2) is 11.7. The molecule has 1 amide bonds. The molecule has 2 aliphatic heterocycles. The summed E-state index contributed by atoms with van der Waals surface area (Å²) in [6.07, 6.45) is 7.95. The summed E-state index contributed by atoms with van der Waals surface area (Å²) in [6.45, 7) is 4.88. The van der Waals surface area contributed by atoms with Crippen molar-refractivity contribution in [2.45, 2.75) is 38.6 Å². The molecule has 1 fully saturated rings. The number of anilines is 1. The summed E-state index contributed by atoms with van der Waals surface area (Å²) in [5.74, 6) is -0.0338. The van der Waals surface area contributed by atoms with Gasteiger partial charge in [-0.2, -0.15) is 5.10 Å². The molecule has 0 spiro atoms. The maximum Gasteiger partial charge on any atom is 0.275 e. The molecular weight excluding hydrogens is 480 g/mol. The third-order valence-electron chi connectivity index (χ3n) is 6.26. The van der Waals surface area contributed by atoms with Crippen molar-refractivity contribution in [3.05, 3.63) is 41.3 Å². The van der Waals surface area contributed by atoms with Crippen LogP contribution in [-0.4, -0.2) is 75.8 Å². The Kier molecular flexibility index (Phi) is 7.99. The standard InChI is InChI=1S/C25H30N6O4S/c32-21-5-4-12-34-13-14-35-22-15-18(6-7-26-22)25-28-20(17-36-25)24(33)27-19-16-31(29-23(19)21)11-10-30-8-2-1-3-9-30/h6-7,15-17H,1-5,8-14H2,(H,27,33). The molecule has 0 unspecified atom stereocenters. The van der Waals surface area contributed by atoms with Crippen LogP contribution in [0, 0.1) is 0 Å². The number of fused-ring (bicyclic) bond motifs is 6. The van der Waals surface area contributed by atoms with Gasteiger partial charge in [0.05, 0.1) is 18.8 Å². The van der Waals surface area contributed by atoms with E-state index in [1.54, 1.807) is 28.5 Å². The number of amides is 1. The van der Waals surface area contributed by atoms with E-state index in [2.05, 4.69) is 25.3 Å². The van der Waals surface area contributed by atoms with Crippen LogP contribution in [0.3, 0.4) is 0 Å². The lowest BCUT2D eigenvalue weighted by Crippen LogP contribution is -2.32. The summed E-state index contributed by atoms with van der Waals surface area (Å²) >= 11 is 1.36. The van der Waals surface area contributed by atoms with Gasteiger partial charge in [0.25, 0.3) is 5.91 Å². The van der Waals surface area contributed by atoms with Gasteiger partial charge in [0, 0.05) is 49.0 Å². The Balaban J connectivity index is 1.37. The van der Waals surface area contributed by atoms with Gasteiger partial charge in [-0.25, -0.2) is 9.97 Å². The molecule has 11 heteroatoms. The van der Waals surface area contributed by atoms with Crippen LogP contribution in [0.2, 0.25) is 0 Å². The second-order valence-corrected chi connectivity index (χ2v) is 9.78. The Morgan fingerprint density at radius 3 is 2.83 bits per heavy atom. The molecule has 0 aromatic carbocycles. The fourth-order valence-corrected chi connectivity index (χ4v) is 5.14. The number of nitrogens with one attached hydrogen (secondary N) is 1. The number of rotatable bonds is 3. The van der Waals surface area contributed by atoms with Crippen LogP contribution in [0.4, 0.5) is 5.69 Å². The van der Waals surface area contributed by atoms with E-state index >= 15 is 0 Å². The lowest BCUT2D eigenvalue weighted by atomic mass is 10.1. The van der Waals surface area contributed by atoms with Gasteiger partial charge < -0.3 is 19.7 Å². The monoisotopic (exact) mass is 510 g/mol. The molecule has 0 radical (unpaired) electrons. The average molecular weight is 511 g/mol. The van der Waals surface area contributed by atoms with Crippen LogP contribution in [-0.2, 0) is 11.3 Å². The third-order valence-corrected chi connectivity index (χ3v) is 7.15. The van der Waals surface area contributed by atoms with E-state index < -0.39 is 0 Å². The molecule has 5 rings (SSSR count). The van der Waals surface area contributed by atoms with Crippen molar-refractivity contribution in [1.82, 2.24) is 24.6 Å². The van der Waals surface area contributed by atoms with Gasteiger partial charge in [-0.1, -0.05) is 6.42 Å². The molecule has 0 aliphatic carbocycles. The van der Waals surface area contributed by atoms with Gasteiger partial charge in [-0.05, 0) is 38.4 Å². The Labute approximate surface area is 213 Å². The number of thiazole rings is 1. The van der Waals surface area contributed by atoms with Crippen molar-refractivity contribution in [2.24, 2.45) is 0 Å². The zero-order valence-corrected chi connectivity index (χ0v) is 21.0. The fourth-order valence-electron chi connectivity index (χ4n) is 4.34. The molecule has 0 atom stereocenters. The molecule has 1 saturated heterocycles. The Hall–Kier alpha value is -3.15. The summed E-state index contributed by atoms with van der Waals surface area (Å²) in [6, 6.07) is 3.62. The molecule has 1 N–H and O–H groups in total.